The largest absolute Gasteiger partial charge is 0.472 e. The molecule has 17 nitrogen and oxygen atoms in total. The van der Waals surface area contributed by atoms with E-state index in [1.54, 1.807) is 0 Å². The molecule has 5 unspecified atom stereocenters. The van der Waals surface area contributed by atoms with E-state index in [-0.39, 0.29) is 25.7 Å². The van der Waals surface area contributed by atoms with Gasteiger partial charge < -0.3 is 33.8 Å². The van der Waals surface area contributed by atoms with Gasteiger partial charge in [-0.3, -0.25) is 37.3 Å². The van der Waals surface area contributed by atoms with Crippen molar-refractivity contribution in [3.05, 3.63) is 122 Å². The minimum atomic E-state index is -4.99. The molecular weight excluding hydrogens is 1280 g/mol. The summed E-state index contributed by atoms with van der Waals surface area (Å²) in [6.45, 7) is 4.53. The molecule has 0 rings (SSSR count). The predicted molar refractivity (Wildman–Crippen MR) is 399 cm³/mol. The Morgan fingerprint density at radius 2 is 0.551 bits per heavy atom. The number of esters is 4. The molecule has 5 atom stereocenters. The van der Waals surface area contributed by atoms with Crippen LogP contribution in [0.15, 0.2) is 122 Å². The van der Waals surface area contributed by atoms with Gasteiger partial charge in [0.05, 0.1) is 26.4 Å². The summed E-state index contributed by atoms with van der Waals surface area (Å²) in [6, 6.07) is 0. The van der Waals surface area contributed by atoms with Gasteiger partial charge in [0, 0.05) is 25.7 Å². The van der Waals surface area contributed by atoms with Crippen LogP contribution in [0, 0.1) is 0 Å². The molecule has 0 spiro atoms. The van der Waals surface area contributed by atoms with E-state index >= 15 is 0 Å². The molecule has 0 bridgehead atoms. The highest BCUT2D eigenvalue weighted by Crippen LogP contribution is 2.45. The molecule has 0 radical (unpaired) electrons. The van der Waals surface area contributed by atoms with Crippen LogP contribution in [-0.4, -0.2) is 96.7 Å². The molecule has 0 saturated carbocycles. The molecule has 0 aromatic rings. The van der Waals surface area contributed by atoms with E-state index < -0.39 is 97.5 Å². The molecule has 0 fully saturated rings. The molecule has 0 aromatic carbocycles. The van der Waals surface area contributed by atoms with Crippen LogP contribution >= 0.6 is 15.6 Å². The van der Waals surface area contributed by atoms with Gasteiger partial charge >= 0.3 is 39.5 Å². The fourth-order valence-corrected chi connectivity index (χ4v) is 11.2. The zero-order valence-corrected chi connectivity index (χ0v) is 63.0. The quantitative estimate of drug-likeness (QED) is 0.0169. The van der Waals surface area contributed by atoms with Crippen LogP contribution in [-0.2, 0) is 65.4 Å². The van der Waals surface area contributed by atoms with Gasteiger partial charge in [-0.25, -0.2) is 9.13 Å². The fourth-order valence-electron chi connectivity index (χ4n) is 9.61. The number of phosphoric ester groups is 2. The Morgan fingerprint density at radius 3 is 0.878 bits per heavy atom. The van der Waals surface area contributed by atoms with Crippen molar-refractivity contribution in [2.24, 2.45) is 0 Å². The molecule has 0 aliphatic rings. The minimum absolute atomic E-state index is 0.0682. The van der Waals surface area contributed by atoms with Crippen LogP contribution in [0.2, 0.25) is 0 Å². The van der Waals surface area contributed by atoms with E-state index in [2.05, 4.69) is 149 Å². The van der Waals surface area contributed by atoms with E-state index in [1.807, 2.05) is 0 Å². The lowest BCUT2D eigenvalue weighted by molar-refractivity contribution is -0.161. The second-order valence-electron chi connectivity index (χ2n) is 24.8. The van der Waals surface area contributed by atoms with Crippen molar-refractivity contribution >= 4 is 39.5 Å². The molecule has 0 heterocycles. The van der Waals surface area contributed by atoms with Gasteiger partial charge in [0.2, 0.25) is 0 Å². The molecule has 98 heavy (non-hydrogen) atoms. The Hall–Kier alpha value is -4.54. The number of aliphatic hydroxyl groups is 1. The summed E-state index contributed by atoms with van der Waals surface area (Å²) in [5.74, 6) is -2.25. The fraction of sp³-hybridized carbons (Fsp3) is 0.696. The number of phosphoric acid groups is 2. The number of carbonyl (C=O) groups is 4. The predicted octanol–water partition coefficient (Wildman–Crippen LogP) is 21.6. The number of ether oxygens (including phenoxy) is 4. The van der Waals surface area contributed by atoms with Gasteiger partial charge in [-0.05, 0) is 148 Å². The highest BCUT2D eigenvalue weighted by Gasteiger charge is 2.30. The van der Waals surface area contributed by atoms with E-state index in [4.69, 9.17) is 37.0 Å². The number of unbranched alkanes of at least 4 members (excludes halogenated alkanes) is 24. The molecule has 562 valence electrons. The molecular formula is C79H134O17P2. The van der Waals surface area contributed by atoms with E-state index in [1.165, 1.54) is 25.7 Å². The smallest absolute Gasteiger partial charge is 0.462 e. The highest BCUT2D eigenvalue weighted by atomic mass is 31.2. The summed E-state index contributed by atoms with van der Waals surface area (Å²) in [5, 5.41) is 10.6. The summed E-state index contributed by atoms with van der Waals surface area (Å²) in [4.78, 5) is 72.8. The van der Waals surface area contributed by atoms with Crippen molar-refractivity contribution in [3.8, 4) is 0 Å². The maximum Gasteiger partial charge on any atom is 0.472 e. The number of allylic oxidation sites excluding steroid dienone is 20. The van der Waals surface area contributed by atoms with E-state index in [0.29, 0.717) is 25.7 Å². The first-order valence-electron chi connectivity index (χ1n) is 37.8. The van der Waals surface area contributed by atoms with Crippen molar-refractivity contribution in [2.75, 3.05) is 39.6 Å². The van der Waals surface area contributed by atoms with Crippen molar-refractivity contribution in [3.63, 3.8) is 0 Å². The molecule has 3 N–H and O–H groups in total. The highest BCUT2D eigenvalue weighted by molar-refractivity contribution is 7.47. The Kier molecular flexibility index (Phi) is 67.6. The van der Waals surface area contributed by atoms with Crippen LogP contribution in [0.4, 0.5) is 0 Å². The lowest BCUT2D eigenvalue weighted by Gasteiger charge is -2.21. The van der Waals surface area contributed by atoms with E-state index in [0.717, 1.165) is 193 Å². The molecule has 19 heteroatoms. The maximum absolute atomic E-state index is 13.1. The first-order valence-corrected chi connectivity index (χ1v) is 40.8. The average Bonchev–Trinajstić information content (AvgIpc) is 0.966. The van der Waals surface area contributed by atoms with E-state index in [9.17, 15) is 43.2 Å². The standard InChI is InChI=1S/C79H134O17P2/c1-5-9-13-17-21-25-29-33-34-35-36-37-38-42-44-48-52-56-60-64-77(82)90-70-75(96-79(84)66-62-58-54-50-46-41-32-28-24-20-16-12-8-4)72-94-98(87,88)92-68-73(80)67-91-97(85,86)93-71-74(95-78(83)65-61-57-53-49-45-40-31-27-23-19-15-11-7-3)69-89-76(81)63-59-55-51-47-43-39-30-26-22-18-14-10-6-2/h9,13-14,16,18,20-21,25-28,30-34,36-37,42,44,73-75,80H,5-8,10-12,15,17,19,22-24,29,35,38-41,43,45-72H2,1-4H3,(H,85,86)(H,87,88)/b13-9-,18-14-,20-16-,25-21-,30-26-,31-27-,32-28-,34-33-,37-36-,44-42-. The summed E-state index contributed by atoms with van der Waals surface area (Å²) in [6.07, 6.45) is 76.2. The van der Waals surface area contributed by atoms with Crippen LogP contribution in [0.1, 0.15) is 297 Å². The SMILES string of the molecule is CC/C=C\C/C=C\C/C=C\C/C=C\C/C=C\CCCCCC(=O)OCC(COP(=O)(O)OCC(O)COP(=O)(O)OCC(COC(=O)CCCCCCC/C=C\C/C=C\CCC)OC(=O)CCCCCCC/C=C\CCCCCC)OC(=O)CCCCCCC/C=C\C/C=C\CCC. The third-order valence-electron chi connectivity index (χ3n) is 15.3. The zero-order valence-electron chi connectivity index (χ0n) is 61.2. The molecule has 0 aromatic heterocycles. The average molecular weight is 1420 g/mol. The summed E-state index contributed by atoms with van der Waals surface area (Å²) >= 11 is 0. The number of hydrogen-bond acceptors (Lipinski definition) is 15. The van der Waals surface area contributed by atoms with Crippen molar-refractivity contribution in [1.82, 2.24) is 0 Å². The second-order valence-corrected chi connectivity index (χ2v) is 27.8. The van der Waals surface area contributed by atoms with Gasteiger partial charge in [0.25, 0.3) is 0 Å². The maximum atomic E-state index is 13.1. The van der Waals surface area contributed by atoms with Crippen LogP contribution < -0.4 is 0 Å². The van der Waals surface area contributed by atoms with Crippen molar-refractivity contribution in [1.29, 1.82) is 0 Å². The minimum Gasteiger partial charge on any atom is -0.462 e. The molecule has 0 saturated heterocycles. The number of rotatable bonds is 70. The van der Waals surface area contributed by atoms with Gasteiger partial charge in [0.1, 0.15) is 19.3 Å². The van der Waals surface area contributed by atoms with Crippen molar-refractivity contribution in [2.45, 2.75) is 316 Å². The summed E-state index contributed by atoms with van der Waals surface area (Å²) < 4.78 is 68.4. The van der Waals surface area contributed by atoms with Crippen molar-refractivity contribution < 1.29 is 80.2 Å². The van der Waals surface area contributed by atoms with Crippen LogP contribution in [0.3, 0.4) is 0 Å². The summed E-state index contributed by atoms with van der Waals surface area (Å²) in [5.41, 5.74) is 0. The molecule has 0 amide bonds. The third-order valence-corrected chi connectivity index (χ3v) is 17.2. The monoisotopic (exact) mass is 1420 g/mol. The summed E-state index contributed by atoms with van der Waals surface area (Å²) in [7, 11) is -9.97. The van der Waals surface area contributed by atoms with Gasteiger partial charge in [-0.2, -0.15) is 0 Å². The normalized spacial score (nSPS) is 14.6. The number of hydrogen-bond donors (Lipinski definition) is 3. The van der Waals surface area contributed by atoms with Gasteiger partial charge in [-0.1, -0.05) is 246 Å². The first kappa shape index (κ1) is 93.5. The lowest BCUT2D eigenvalue weighted by Crippen LogP contribution is -2.30. The Labute approximate surface area is 593 Å². The van der Waals surface area contributed by atoms with Gasteiger partial charge in [0.15, 0.2) is 12.2 Å². The first-order chi connectivity index (χ1) is 47.7. The Bertz CT molecular complexity index is 2340. The Morgan fingerprint density at radius 1 is 0.296 bits per heavy atom. The number of aliphatic hydroxyl groups excluding tert-OH is 1. The Balaban J connectivity index is 5.38. The van der Waals surface area contributed by atoms with Crippen LogP contribution in [0.5, 0.6) is 0 Å². The lowest BCUT2D eigenvalue weighted by atomic mass is 10.1. The van der Waals surface area contributed by atoms with Crippen LogP contribution in [0.25, 0.3) is 0 Å². The molecule has 0 aliphatic heterocycles. The topological polar surface area (TPSA) is 237 Å². The molecule has 0 aliphatic carbocycles. The zero-order chi connectivity index (χ0) is 71.8. The third kappa shape index (κ3) is 69.9. The van der Waals surface area contributed by atoms with Gasteiger partial charge in [-0.15, -0.1) is 0 Å². The number of carbonyl (C=O) groups excluding carboxylic acids is 4. The second kappa shape index (κ2) is 70.9.